The third-order valence-corrected chi connectivity index (χ3v) is 12.1. The van der Waals surface area contributed by atoms with E-state index >= 15 is 4.39 Å². The molecule has 2 bridgehead atoms. The zero-order valence-corrected chi connectivity index (χ0v) is 27.0. The van der Waals surface area contributed by atoms with Crippen molar-refractivity contribution in [3.8, 4) is 5.75 Å². The van der Waals surface area contributed by atoms with Gasteiger partial charge in [-0.05, 0) is 82.2 Å². The SMILES string of the molecule is CC(C)Oc1ccc(CN2C(=O)[C@@H](N)CS(=O)(=O)c3cc(F)c(C(=O)NC45CCC(N6CCC(F)(F)CC6)(CC4)CC5)cc32)cc1. The molecule has 7 rings (SSSR count). The fraction of sp³-hybridized carbons (Fsp3) is 0.576. The number of anilines is 1. The van der Waals surface area contributed by atoms with E-state index in [1.54, 1.807) is 24.3 Å². The van der Waals surface area contributed by atoms with Crippen LogP contribution in [-0.2, 0) is 21.2 Å². The van der Waals surface area contributed by atoms with Crippen LogP contribution in [0.3, 0.4) is 0 Å². The molecular formula is C33H41F3N4O5S. The lowest BCUT2D eigenvalue weighted by Crippen LogP contribution is -2.65. The van der Waals surface area contributed by atoms with Crippen molar-refractivity contribution in [1.82, 2.24) is 10.2 Å². The fourth-order valence-electron chi connectivity index (χ4n) is 7.63. The van der Waals surface area contributed by atoms with Gasteiger partial charge in [0.15, 0.2) is 9.84 Å². The summed E-state index contributed by atoms with van der Waals surface area (Å²) >= 11 is 0. The lowest BCUT2D eigenvalue weighted by atomic mass is 9.60. The van der Waals surface area contributed by atoms with Crippen LogP contribution >= 0.6 is 0 Å². The minimum Gasteiger partial charge on any atom is -0.491 e. The molecule has 3 aliphatic carbocycles. The maximum atomic E-state index is 15.6. The van der Waals surface area contributed by atoms with Crippen LogP contribution in [-0.4, -0.2) is 73.1 Å². The first-order valence-electron chi connectivity index (χ1n) is 16.0. The number of piperidine rings is 1. The highest BCUT2D eigenvalue weighted by Gasteiger charge is 2.53. The van der Waals surface area contributed by atoms with E-state index in [0.717, 1.165) is 31.4 Å². The van der Waals surface area contributed by atoms with Gasteiger partial charge in [-0.15, -0.1) is 0 Å². The number of hydrogen-bond donors (Lipinski definition) is 2. The molecule has 3 saturated carbocycles. The van der Waals surface area contributed by atoms with Gasteiger partial charge >= 0.3 is 0 Å². The minimum absolute atomic E-state index is 0.0394. The van der Waals surface area contributed by atoms with Crippen molar-refractivity contribution in [2.75, 3.05) is 23.7 Å². The highest BCUT2D eigenvalue weighted by Crippen LogP contribution is 2.51. The van der Waals surface area contributed by atoms with E-state index in [9.17, 15) is 26.8 Å². The average molecular weight is 663 g/mol. The Bertz CT molecular complexity index is 1600. The summed E-state index contributed by atoms with van der Waals surface area (Å²) in [6, 6.07) is 7.54. The van der Waals surface area contributed by atoms with Crippen LogP contribution in [0, 0.1) is 5.82 Å². The molecule has 2 aromatic carbocycles. The van der Waals surface area contributed by atoms with Gasteiger partial charge in [-0.3, -0.25) is 14.5 Å². The van der Waals surface area contributed by atoms with Crippen LogP contribution in [0.15, 0.2) is 41.3 Å². The van der Waals surface area contributed by atoms with Gasteiger partial charge in [-0.2, -0.15) is 0 Å². The van der Waals surface area contributed by atoms with E-state index < -0.39 is 55.6 Å². The zero-order valence-electron chi connectivity index (χ0n) is 26.2. The number of halogens is 3. The van der Waals surface area contributed by atoms with Crippen molar-refractivity contribution >= 4 is 27.3 Å². The first-order valence-corrected chi connectivity index (χ1v) is 17.6. The average Bonchev–Trinajstić information content (AvgIpc) is 3.06. The van der Waals surface area contributed by atoms with Gasteiger partial charge in [0.25, 0.3) is 11.8 Å². The number of amides is 2. The van der Waals surface area contributed by atoms with Crippen LogP contribution in [0.5, 0.6) is 5.75 Å². The number of fused-ring (bicyclic) bond motifs is 4. The van der Waals surface area contributed by atoms with Crippen molar-refractivity contribution in [2.24, 2.45) is 5.73 Å². The number of nitrogens with one attached hydrogen (secondary N) is 1. The second kappa shape index (κ2) is 11.8. The standard InChI is InChI=1S/C33H41F3N4O5S/c1-21(2)45-23-5-3-22(4-6-23)19-40-27-17-24(25(34)18-28(27)46(43,44)20-26(37)30(40)42)29(41)38-31-7-10-32(11-8-31,12-9-31)39-15-13-33(35,36)14-16-39/h3-6,17-18,21,26H,7-16,19-20,37H2,1-2H3,(H,38,41)/t26-,31?,32?/m0/s1. The van der Waals surface area contributed by atoms with Crippen molar-refractivity contribution in [3.05, 3.63) is 53.3 Å². The molecule has 0 unspecified atom stereocenters. The van der Waals surface area contributed by atoms with Crippen LogP contribution in [0.2, 0.25) is 0 Å². The molecule has 2 aliphatic heterocycles. The Morgan fingerprint density at radius 3 is 2.22 bits per heavy atom. The number of hydrogen-bond acceptors (Lipinski definition) is 7. The molecule has 1 saturated heterocycles. The zero-order chi connectivity index (χ0) is 33.1. The molecule has 0 aromatic heterocycles. The second-order valence-corrected chi connectivity index (χ2v) is 15.7. The van der Waals surface area contributed by atoms with Gasteiger partial charge in [0, 0.05) is 37.0 Å². The van der Waals surface area contributed by atoms with Crippen LogP contribution in [0.25, 0.3) is 0 Å². The Labute approximate surface area is 267 Å². The largest absolute Gasteiger partial charge is 0.491 e. The molecule has 9 nitrogen and oxygen atoms in total. The molecule has 13 heteroatoms. The monoisotopic (exact) mass is 662 g/mol. The third kappa shape index (κ3) is 6.25. The highest BCUT2D eigenvalue weighted by atomic mass is 32.2. The molecule has 250 valence electrons. The summed E-state index contributed by atoms with van der Waals surface area (Å²) in [6.45, 7) is 4.44. The Morgan fingerprint density at radius 2 is 1.63 bits per heavy atom. The van der Waals surface area contributed by atoms with Gasteiger partial charge in [-0.25, -0.2) is 21.6 Å². The number of likely N-dealkylation sites (tertiary alicyclic amines) is 1. The van der Waals surface area contributed by atoms with Crippen LogP contribution in [0.1, 0.15) is 81.1 Å². The number of carbonyl (C=O) groups is 2. The first kappa shape index (κ1) is 32.8. The lowest BCUT2D eigenvalue weighted by Gasteiger charge is -2.58. The summed E-state index contributed by atoms with van der Waals surface area (Å²) in [7, 11) is -4.16. The number of benzene rings is 2. The van der Waals surface area contributed by atoms with Gasteiger partial charge in [-0.1, -0.05) is 12.1 Å². The molecule has 2 heterocycles. The van der Waals surface area contributed by atoms with Crippen molar-refractivity contribution in [3.63, 3.8) is 0 Å². The molecule has 46 heavy (non-hydrogen) atoms. The van der Waals surface area contributed by atoms with Crippen LogP contribution in [0.4, 0.5) is 18.9 Å². The van der Waals surface area contributed by atoms with Gasteiger partial charge in [0.2, 0.25) is 5.91 Å². The number of sulfone groups is 1. The van der Waals surface area contributed by atoms with E-state index in [-0.39, 0.29) is 42.3 Å². The van der Waals surface area contributed by atoms with Crippen molar-refractivity contribution < 1.29 is 35.9 Å². The molecule has 3 N–H and O–H groups in total. The lowest BCUT2D eigenvalue weighted by molar-refractivity contribution is -0.119. The summed E-state index contributed by atoms with van der Waals surface area (Å²) in [5.74, 6) is -5.05. The second-order valence-electron chi connectivity index (χ2n) is 13.7. The first-order chi connectivity index (χ1) is 21.6. The highest BCUT2D eigenvalue weighted by molar-refractivity contribution is 7.91. The quantitative estimate of drug-likeness (QED) is 0.446. The molecule has 0 spiro atoms. The normalized spacial score (nSPS) is 28.9. The van der Waals surface area contributed by atoms with Crippen molar-refractivity contribution in [1.29, 1.82) is 0 Å². The molecular weight excluding hydrogens is 621 g/mol. The van der Waals surface area contributed by atoms with E-state index in [4.69, 9.17) is 10.5 Å². The Hall–Kier alpha value is -3.16. The molecule has 0 radical (unpaired) electrons. The molecule has 5 aliphatic rings. The smallest absolute Gasteiger partial charge is 0.254 e. The van der Waals surface area contributed by atoms with Gasteiger partial charge in [0.05, 0.1) is 40.6 Å². The maximum absolute atomic E-state index is 15.6. The van der Waals surface area contributed by atoms with E-state index in [1.165, 1.54) is 4.90 Å². The summed E-state index contributed by atoms with van der Waals surface area (Å²) in [5, 5.41) is 3.05. The van der Waals surface area contributed by atoms with Gasteiger partial charge in [0.1, 0.15) is 11.6 Å². The predicted octanol–water partition coefficient (Wildman–Crippen LogP) is 4.57. The summed E-state index contributed by atoms with van der Waals surface area (Å²) in [5.41, 5.74) is 5.48. The maximum Gasteiger partial charge on any atom is 0.254 e. The summed E-state index contributed by atoms with van der Waals surface area (Å²) < 4.78 is 75.4. The number of carbonyl (C=O) groups excluding carboxylic acids is 2. The predicted molar refractivity (Wildman–Crippen MR) is 166 cm³/mol. The van der Waals surface area contributed by atoms with E-state index in [2.05, 4.69) is 10.2 Å². The summed E-state index contributed by atoms with van der Waals surface area (Å²) in [6.07, 6.45) is 3.77. The number of rotatable bonds is 7. The number of alkyl halides is 2. The van der Waals surface area contributed by atoms with E-state index in [1.807, 2.05) is 13.8 Å². The molecule has 1 atom stereocenters. The molecule has 4 fully saturated rings. The number of ether oxygens (including phenoxy) is 1. The van der Waals surface area contributed by atoms with Crippen LogP contribution < -0.4 is 20.7 Å². The Kier molecular flexibility index (Phi) is 8.42. The number of nitrogens with zero attached hydrogens (tertiary/aromatic N) is 2. The van der Waals surface area contributed by atoms with Crippen molar-refractivity contribution in [2.45, 2.75) is 106 Å². The Morgan fingerprint density at radius 1 is 1.02 bits per heavy atom. The molecule has 2 amide bonds. The minimum atomic E-state index is -4.16. The Balaban J connectivity index is 1.25. The van der Waals surface area contributed by atoms with E-state index in [0.29, 0.717) is 43.7 Å². The van der Waals surface area contributed by atoms with Gasteiger partial charge < -0.3 is 20.7 Å². The summed E-state index contributed by atoms with van der Waals surface area (Å²) in [4.78, 5) is 30.2. The third-order valence-electron chi connectivity index (χ3n) is 10.3. The topological polar surface area (TPSA) is 122 Å². The number of nitrogens with two attached hydrogens (primary N) is 1. The fourth-order valence-corrected chi connectivity index (χ4v) is 9.20. The molecule has 2 aromatic rings.